The van der Waals surface area contributed by atoms with Gasteiger partial charge in [-0.15, -0.1) is 0 Å². The summed E-state index contributed by atoms with van der Waals surface area (Å²) in [4.78, 5) is 37.7. The summed E-state index contributed by atoms with van der Waals surface area (Å²) in [5.74, 6) is -1.04. The van der Waals surface area contributed by atoms with Gasteiger partial charge in [-0.2, -0.15) is 5.10 Å². The molecule has 1 amide bonds. The minimum Gasteiger partial charge on any atom is -0.481 e. The third-order valence-corrected chi connectivity index (χ3v) is 5.51. The molecule has 0 spiro atoms. The second kappa shape index (κ2) is 13.0. The van der Waals surface area contributed by atoms with E-state index in [9.17, 15) is 14.4 Å². The van der Waals surface area contributed by atoms with Gasteiger partial charge in [0, 0.05) is 16.7 Å². The van der Waals surface area contributed by atoms with Crippen molar-refractivity contribution in [2.75, 3.05) is 0 Å². The highest BCUT2D eigenvalue weighted by Gasteiger charge is 2.16. The molecule has 4 aromatic carbocycles. The molecule has 9 heteroatoms. The number of carbonyl (C=O) groups excluding carboxylic acids is 3. The summed E-state index contributed by atoms with van der Waals surface area (Å²) in [5.41, 5.74) is 3.43. The van der Waals surface area contributed by atoms with E-state index in [-0.39, 0.29) is 11.5 Å². The lowest BCUT2D eigenvalue weighted by molar-refractivity contribution is -0.127. The Hall–Kier alpha value is -4.95. The van der Waals surface area contributed by atoms with Crippen LogP contribution < -0.4 is 19.6 Å². The number of nitrogens with one attached hydrogen (secondary N) is 1. The molecule has 0 aliphatic heterocycles. The predicted molar refractivity (Wildman–Crippen MR) is 147 cm³/mol. The van der Waals surface area contributed by atoms with Crippen LogP contribution in [0.3, 0.4) is 0 Å². The van der Waals surface area contributed by atoms with Crippen LogP contribution in [0.4, 0.5) is 0 Å². The van der Waals surface area contributed by atoms with E-state index in [2.05, 4.69) is 10.5 Å². The molecular formula is C30H23ClN2O6. The van der Waals surface area contributed by atoms with Gasteiger partial charge in [-0.3, -0.25) is 4.79 Å². The summed E-state index contributed by atoms with van der Waals surface area (Å²) < 4.78 is 16.6. The van der Waals surface area contributed by atoms with Gasteiger partial charge in [0.1, 0.15) is 17.2 Å². The number of rotatable bonds is 9. The first kappa shape index (κ1) is 27.1. The SMILES string of the molecule is C[C@H](Oc1cccc(Cl)c1)C(=O)N/N=C\c1ccc(OC(=O)c2ccccc2)cc1OC(=O)c1ccccc1. The largest absolute Gasteiger partial charge is 0.481 e. The highest BCUT2D eigenvalue weighted by atomic mass is 35.5. The van der Waals surface area contributed by atoms with Crippen molar-refractivity contribution in [3.63, 3.8) is 0 Å². The molecule has 0 aliphatic carbocycles. The first-order chi connectivity index (χ1) is 18.9. The fraction of sp³-hybridized carbons (Fsp3) is 0.0667. The van der Waals surface area contributed by atoms with Crippen LogP contribution in [0.25, 0.3) is 0 Å². The molecule has 1 atom stereocenters. The molecule has 0 radical (unpaired) electrons. The number of esters is 2. The zero-order chi connectivity index (χ0) is 27.6. The van der Waals surface area contributed by atoms with E-state index in [4.69, 9.17) is 25.8 Å². The number of benzene rings is 4. The number of hydrazone groups is 1. The summed E-state index contributed by atoms with van der Waals surface area (Å²) in [5, 5.41) is 4.45. The quantitative estimate of drug-likeness (QED) is 0.126. The first-order valence-electron chi connectivity index (χ1n) is 11.8. The third-order valence-electron chi connectivity index (χ3n) is 5.27. The molecule has 8 nitrogen and oxygen atoms in total. The Morgan fingerprint density at radius 1 is 0.769 bits per heavy atom. The molecule has 0 heterocycles. The third kappa shape index (κ3) is 7.77. The second-order valence-electron chi connectivity index (χ2n) is 8.16. The van der Waals surface area contributed by atoms with Gasteiger partial charge in [0.25, 0.3) is 5.91 Å². The van der Waals surface area contributed by atoms with Gasteiger partial charge in [0.05, 0.1) is 17.3 Å². The zero-order valence-corrected chi connectivity index (χ0v) is 21.5. The number of carbonyl (C=O) groups is 3. The molecule has 0 fully saturated rings. The molecule has 39 heavy (non-hydrogen) atoms. The zero-order valence-electron chi connectivity index (χ0n) is 20.7. The minimum absolute atomic E-state index is 0.0726. The van der Waals surface area contributed by atoms with Crippen LogP contribution in [0.5, 0.6) is 17.2 Å². The van der Waals surface area contributed by atoms with Crippen molar-refractivity contribution in [2.45, 2.75) is 13.0 Å². The molecule has 0 saturated carbocycles. The molecule has 1 N–H and O–H groups in total. The lowest BCUT2D eigenvalue weighted by Crippen LogP contribution is -2.33. The normalized spacial score (nSPS) is 11.4. The van der Waals surface area contributed by atoms with E-state index in [1.165, 1.54) is 18.3 Å². The van der Waals surface area contributed by atoms with Crippen LogP contribution in [-0.4, -0.2) is 30.2 Å². The van der Waals surface area contributed by atoms with Gasteiger partial charge in [0.15, 0.2) is 6.10 Å². The summed E-state index contributed by atoms with van der Waals surface area (Å²) in [6.07, 6.45) is 0.441. The average Bonchev–Trinajstić information content (AvgIpc) is 2.95. The van der Waals surface area contributed by atoms with Crippen LogP contribution in [0.15, 0.2) is 108 Å². The molecule has 0 unspecified atom stereocenters. The number of amides is 1. The molecule has 0 bridgehead atoms. The maximum Gasteiger partial charge on any atom is 0.343 e. The van der Waals surface area contributed by atoms with Crippen molar-refractivity contribution in [1.29, 1.82) is 0 Å². The van der Waals surface area contributed by atoms with E-state index in [1.807, 2.05) is 0 Å². The van der Waals surface area contributed by atoms with E-state index in [0.717, 1.165) is 0 Å². The van der Waals surface area contributed by atoms with Crippen molar-refractivity contribution in [2.24, 2.45) is 5.10 Å². The van der Waals surface area contributed by atoms with Crippen LogP contribution in [0.1, 0.15) is 33.2 Å². The average molecular weight is 543 g/mol. The Bertz CT molecular complexity index is 1490. The monoisotopic (exact) mass is 542 g/mol. The summed E-state index contributed by atoms with van der Waals surface area (Å²) in [6.45, 7) is 1.56. The standard InChI is InChI=1S/C30H23ClN2O6/c1-20(37-25-14-8-13-24(31)17-25)28(34)33-32-19-23-15-16-26(38-29(35)21-9-4-2-5-10-21)18-27(23)39-30(36)22-11-6-3-7-12-22/h2-20H,1H3,(H,33,34)/b32-19-/t20-/m0/s1. The molecule has 0 aliphatic rings. The Morgan fingerprint density at radius 2 is 1.41 bits per heavy atom. The maximum absolute atomic E-state index is 12.7. The number of hydrogen-bond donors (Lipinski definition) is 1. The lowest BCUT2D eigenvalue weighted by Gasteiger charge is -2.13. The van der Waals surface area contributed by atoms with E-state index < -0.39 is 23.9 Å². The van der Waals surface area contributed by atoms with Crippen molar-refractivity contribution in [1.82, 2.24) is 5.43 Å². The summed E-state index contributed by atoms with van der Waals surface area (Å²) >= 11 is 5.95. The van der Waals surface area contributed by atoms with Gasteiger partial charge in [-0.25, -0.2) is 15.0 Å². The van der Waals surface area contributed by atoms with Crippen molar-refractivity contribution in [3.8, 4) is 17.2 Å². The van der Waals surface area contributed by atoms with Crippen LogP contribution in [0, 0.1) is 0 Å². The van der Waals surface area contributed by atoms with Gasteiger partial charge < -0.3 is 14.2 Å². The fourth-order valence-corrected chi connectivity index (χ4v) is 3.48. The molecule has 0 saturated heterocycles. The minimum atomic E-state index is -0.865. The van der Waals surface area contributed by atoms with Crippen molar-refractivity contribution in [3.05, 3.63) is 125 Å². The number of halogens is 1. The van der Waals surface area contributed by atoms with E-state index >= 15 is 0 Å². The highest BCUT2D eigenvalue weighted by Crippen LogP contribution is 2.26. The fourth-order valence-electron chi connectivity index (χ4n) is 3.30. The number of ether oxygens (including phenoxy) is 3. The van der Waals surface area contributed by atoms with Crippen LogP contribution in [-0.2, 0) is 4.79 Å². The molecule has 4 aromatic rings. The summed E-state index contributed by atoms with van der Waals surface area (Å²) in [7, 11) is 0. The molecule has 196 valence electrons. The topological polar surface area (TPSA) is 103 Å². The smallest absolute Gasteiger partial charge is 0.343 e. The molecule has 0 aromatic heterocycles. The van der Waals surface area contributed by atoms with E-state index in [0.29, 0.717) is 27.5 Å². The highest BCUT2D eigenvalue weighted by molar-refractivity contribution is 6.30. The van der Waals surface area contributed by atoms with Gasteiger partial charge in [-0.1, -0.05) is 54.1 Å². The Kier molecular flexibility index (Phi) is 9.05. The molecule has 4 rings (SSSR count). The first-order valence-corrected chi connectivity index (χ1v) is 12.2. The second-order valence-corrected chi connectivity index (χ2v) is 8.60. The Morgan fingerprint density at radius 3 is 2.05 bits per heavy atom. The van der Waals surface area contributed by atoms with Crippen LogP contribution >= 0.6 is 11.6 Å². The Labute approximate surface area is 229 Å². The molecular weight excluding hydrogens is 520 g/mol. The number of nitrogens with zero attached hydrogens (tertiary/aromatic N) is 1. The maximum atomic E-state index is 12.7. The van der Waals surface area contributed by atoms with Gasteiger partial charge in [0.2, 0.25) is 0 Å². The van der Waals surface area contributed by atoms with Gasteiger partial charge >= 0.3 is 11.9 Å². The Balaban J connectivity index is 1.49. The number of hydrogen-bond acceptors (Lipinski definition) is 7. The van der Waals surface area contributed by atoms with Crippen LogP contribution in [0.2, 0.25) is 5.02 Å². The van der Waals surface area contributed by atoms with Crippen molar-refractivity contribution < 1.29 is 28.6 Å². The van der Waals surface area contributed by atoms with Gasteiger partial charge in [-0.05, 0) is 61.5 Å². The summed E-state index contributed by atoms with van der Waals surface area (Å²) in [6, 6.07) is 28.0. The lowest BCUT2D eigenvalue weighted by atomic mass is 10.2. The van der Waals surface area contributed by atoms with E-state index in [1.54, 1.807) is 97.9 Å². The predicted octanol–water partition coefficient (Wildman–Crippen LogP) is 5.70. The van der Waals surface area contributed by atoms with Crippen molar-refractivity contribution >= 4 is 35.7 Å².